The van der Waals surface area contributed by atoms with E-state index in [2.05, 4.69) is 4.98 Å². The number of carbonyl (C=O) groups is 1. The SMILES string of the molecule is COC(=O)C[C@@H]1c2c(cc(O)c3c(=O)cc(-c4ccccc4)oc23)Oc2nc3sccn3c21. The van der Waals surface area contributed by atoms with Crippen molar-refractivity contribution in [2.45, 2.75) is 12.3 Å². The Morgan fingerprint density at radius 3 is 2.88 bits per heavy atom. The average molecular weight is 460 g/mol. The number of nitrogens with zero attached hydrogens (tertiary/aromatic N) is 2. The zero-order chi connectivity index (χ0) is 22.7. The van der Waals surface area contributed by atoms with Crippen molar-refractivity contribution in [3.8, 4) is 28.7 Å². The smallest absolute Gasteiger partial charge is 0.306 e. The maximum atomic E-state index is 13.1. The van der Waals surface area contributed by atoms with Gasteiger partial charge in [0, 0.05) is 40.8 Å². The monoisotopic (exact) mass is 460 g/mol. The Morgan fingerprint density at radius 2 is 2.09 bits per heavy atom. The van der Waals surface area contributed by atoms with Crippen LogP contribution >= 0.6 is 11.3 Å². The number of hydrogen-bond donors (Lipinski definition) is 1. The topological polar surface area (TPSA) is 103 Å². The fraction of sp³-hybridized carbons (Fsp3) is 0.125. The van der Waals surface area contributed by atoms with Gasteiger partial charge in [-0.2, -0.15) is 4.98 Å². The second-order valence-electron chi connectivity index (χ2n) is 7.65. The lowest BCUT2D eigenvalue weighted by molar-refractivity contribution is -0.140. The fourth-order valence-electron chi connectivity index (χ4n) is 4.34. The van der Waals surface area contributed by atoms with Gasteiger partial charge in [0.25, 0.3) is 0 Å². The summed E-state index contributed by atoms with van der Waals surface area (Å²) in [6.07, 6.45) is 1.82. The Labute approximate surface area is 190 Å². The van der Waals surface area contributed by atoms with Gasteiger partial charge in [-0.15, -0.1) is 11.3 Å². The molecular weight excluding hydrogens is 444 g/mol. The molecule has 33 heavy (non-hydrogen) atoms. The van der Waals surface area contributed by atoms with Crippen LogP contribution in [0.4, 0.5) is 0 Å². The van der Waals surface area contributed by atoms with E-state index >= 15 is 0 Å². The molecule has 6 rings (SSSR count). The molecule has 5 aromatic rings. The van der Waals surface area contributed by atoms with Gasteiger partial charge in [0.05, 0.1) is 19.2 Å². The minimum Gasteiger partial charge on any atom is -0.507 e. The molecule has 0 bridgehead atoms. The van der Waals surface area contributed by atoms with Crippen molar-refractivity contribution < 1.29 is 23.8 Å². The molecule has 0 aliphatic carbocycles. The van der Waals surface area contributed by atoms with Crippen molar-refractivity contribution in [1.82, 2.24) is 9.38 Å². The van der Waals surface area contributed by atoms with E-state index in [1.807, 2.05) is 46.3 Å². The molecule has 0 radical (unpaired) electrons. The summed E-state index contributed by atoms with van der Waals surface area (Å²) < 4.78 is 19.1. The van der Waals surface area contributed by atoms with Crippen LogP contribution < -0.4 is 10.2 Å². The van der Waals surface area contributed by atoms with Gasteiger partial charge in [0.15, 0.2) is 10.4 Å². The van der Waals surface area contributed by atoms with E-state index in [9.17, 15) is 14.7 Å². The third kappa shape index (κ3) is 2.93. The molecular formula is C24H16N2O6S. The fourth-order valence-corrected chi connectivity index (χ4v) is 5.05. The minimum absolute atomic E-state index is 0.0251. The highest BCUT2D eigenvalue weighted by molar-refractivity contribution is 7.15. The number of imidazole rings is 1. The van der Waals surface area contributed by atoms with Gasteiger partial charge in [-0.25, -0.2) is 0 Å². The molecule has 1 N–H and O–H groups in total. The summed E-state index contributed by atoms with van der Waals surface area (Å²) in [5.74, 6) is -0.315. The van der Waals surface area contributed by atoms with Crippen LogP contribution in [0.1, 0.15) is 23.6 Å². The molecule has 0 fully saturated rings. The average Bonchev–Trinajstić information content (AvgIpc) is 3.39. The quantitative estimate of drug-likeness (QED) is 0.390. The summed E-state index contributed by atoms with van der Waals surface area (Å²) in [6, 6.07) is 11.9. The molecule has 3 aromatic heterocycles. The number of aromatic nitrogens is 2. The number of hydrogen-bond acceptors (Lipinski definition) is 8. The zero-order valence-electron chi connectivity index (χ0n) is 17.3. The Bertz CT molecular complexity index is 1620. The first-order valence-corrected chi connectivity index (χ1v) is 11.0. The number of benzene rings is 2. The van der Waals surface area contributed by atoms with Gasteiger partial charge in [-0.3, -0.25) is 14.0 Å². The molecule has 1 aliphatic rings. The van der Waals surface area contributed by atoms with Crippen LogP contribution in [0.15, 0.2) is 63.3 Å². The van der Waals surface area contributed by atoms with Crippen molar-refractivity contribution in [3.63, 3.8) is 0 Å². The van der Waals surface area contributed by atoms with Gasteiger partial charge >= 0.3 is 5.97 Å². The largest absolute Gasteiger partial charge is 0.507 e. The number of methoxy groups -OCH3 is 1. The van der Waals surface area contributed by atoms with E-state index < -0.39 is 17.3 Å². The summed E-state index contributed by atoms with van der Waals surface area (Å²) in [4.78, 5) is 30.7. The predicted molar refractivity (Wildman–Crippen MR) is 121 cm³/mol. The van der Waals surface area contributed by atoms with E-state index in [1.54, 1.807) is 0 Å². The van der Waals surface area contributed by atoms with Crippen LogP contribution in [-0.2, 0) is 9.53 Å². The first kappa shape index (κ1) is 19.6. The number of carbonyl (C=O) groups excluding carboxylic acids is 1. The summed E-state index contributed by atoms with van der Waals surface area (Å²) >= 11 is 1.43. The molecule has 0 saturated carbocycles. The lowest BCUT2D eigenvalue weighted by Gasteiger charge is -2.26. The van der Waals surface area contributed by atoms with Crippen molar-refractivity contribution in [1.29, 1.82) is 0 Å². The molecule has 8 nitrogen and oxygen atoms in total. The number of phenolic OH excluding ortho intramolecular Hbond substituents is 1. The van der Waals surface area contributed by atoms with E-state index in [-0.39, 0.29) is 28.9 Å². The first-order valence-electron chi connectivity index (χ1n) is 10.1. The number of ether oxygens (including phenoxy) is 2. The van der Waals surface area contributed by atoms with Crippen LogP contribution in [-0.4, -0.2) is 27.6 Å². The molecule has 4 heterocycles. The van der Waals surface area contributed by atoms with Gasteiger partial charge in [-0.1, -0.05) is 30.3 Å². The molecule has 164 valence electrons. The number of esters is 1. The number of rotatable bonds is 3. The highest BCUT2D eigenvalue weighted by atomic mass is 32.1. The predicted octanol–water partition coefficient (Wildman–Crippen LogP) is 4.68. The number of aromatic hydroxyl groups is 1. The van der Waals surface area contributed by atoms with Crippen molar-refractivity contribution in [2.24, 2.45) is 0 Å². The van der Waals surface area contributed by atoms with Gasteiger partial charge < -0.3 is 19.0 Å². The highest BCUT2D eigenvalue weighted by Gasteiger charge is 2.37. The molecule has 2 aromatic carbocycles. The standard InChI is InChI=1S/C24H16N2O6S/c1-30-18(29)9-13-19-17(32-23-21(13)26-7-8-33-24(26)25-23)11-15(28)20-14(27)10-16(31-22(19)20)12-5-3-2-4-6-12/h2-8,10-11,13,28H,9H2,1H3/t13-/m1/s1. The van der Waals surface area contributed by atoms with Crippen LogP contribution in [0.3, 0.4) is 0 Å². The van der Waals surface area contributed by atoms with Crippen molar-refractivity contribution in [2.75, 3.05) is 7.11 Å². The summed E-state index contributed by atoms with van der Waals surface area (Å²) in [7, 11) is 1.32. The second-order valence-corrected chi connectivity index (χ2v) is 8.52. The Balaban J connectivity index is 1.69. The van der Waals surface area contributed by atoms with Crippen LogP contribution in [0.2, 0.25) is 0 Å². The van der Waals surface area contributed by atoms with Gasteiger partial charge in [-0.05, 0) is 0 Å². The molecule has 0 amide bonds. The normalized spacial score (nSPS) is 14.6. The van der Waals surface area contributed by atoms with E-state index in [0.717, 1.165) is 0 Å². The van der Waals surface area contributed by atoms with E-state index in [0.29, 0.717) is 33.4 Å². The van der Waals surface area contributed by atoms with Crippen LogP contribution in [0.25, 0.3) is 27.3 Å². The van der Waals surface area contributed by atoms with Gasteiger partial charge in [0.2, 0.25) is 5.88 Å². The van der Waals surface area contributed by atoms with Crippen molar-refractivity contribution in [3.05, 3.63) is 75.5 Å². The molecule has 0 spiro atoms. The highest BCUT2D eigenvalue weighted by Crippen LogP contribution is 2.50. The zero-order valence-corrected chi connectivity index (χ0v) is 18.1. The molecule has 1 atom stereocenters. The number of phenols is 1. The van der Waals surface area contributed by atoms with Gasteiger partial charge in [0.1, 0.15) is 28.2 Å². The lowest BCUT2D eigenvalue weighted by Crippen LogP contribution is -2.17. The third-order valence-corrected chi connectivity index (χ3v) is 6.55. The maximum Gasteiger partial charge on any atom is 0.306 e. The maximum absolute atomic E-state index is 13.1. The van der Waals surface area contributed by atoms with Crippen LogP contribution in [0.5, 0.6) is 17.4 Å². The van der Waals surface area contributed by atoms with Crippen molar-refractivity contribution >= 4 is 33.2 Å². The Morgan fingerprint density at radius 1 is 1.27 bits per heavy atom. The lowest BCUT2D eigenvalue weighted by atomic mass is 9.88. The molecule has 9 heteroatoms. The van der Waals surface area contributed by atoms with E-state index in [4.69, 9.17) is 13.9 Å². The number of fused-ring (bicyclic) bond motifs is 6. The molecule has 0 unspecified atom stereocenters. The second kappa shape index (κ2) is 7.21. The Kier molecular flexibility index (Phi) is 4.27. The summed E-state index contributed by atoms with van der Waals surface area (Å²) in [5, 5.41) is 12.6. The van der Waals surface area contributed by atoms with Crippen LogP contribution in [0, 0.1) is 0 Å². The third-order valence-electron chi connectivity index (χ3n) is 5.79. The minimum atomic E-state index is -0.571. The number of thiazole rings is 1. The molecule has 0 saturated heterocycles. The molecule has 1 aliphatic heterocycles. The van der Waals surface area contributed by atoms with E-state index in [1.165, 1.54) is 30.6 Å². The summed E-state index contributed by atoms with van der Waals surface area (Å²) in [5.41, 5.74) is 1.63. The Hall–Kier alpha value is -4.11. The summed E-state index contributed by atoms with van der Waals surface area (Å²) in [6.45, 7) is 0. The first-order chi connectivity index (χ1) is 16.0.